The second-order valence-electron chi connectivity index (χ2n) is 4.34. The first-order valence-electron chi connectivity index (χ1n) is 5.62. The molecule has 2 aromatic heterocycles. The number of hydrogen-bond donors (Lipinski definition) is 1. The molecule has 2 heterocycles. The summed E-state index contributed by atoms with van der Waals surface area (Å²) in [5, 5.41) is 13.5. The van der Waals surface area contributed by atoms with E-state index in [1.165, 1.54) is 6.20 Å². The van der Waals surface area contributed by atoms with Crippen molar-refractivity contribution in [1.29, 1.82) is 0 Å². The molecule has 2 rings (SSSR count). The van der Waals surface area contributed by atoms with E-state index in [0.717, 1.165) is 12.8 Å². The Labute approximate surface area is 99.5 Å². The molecule has 5 nitrogen and oxygen atoms in total. The highest BCUT2D eigenvalue weighted by atomic mass is 16.5. The Morgan fingerprint density at radius 3 is 2.94 bits per heavy atom. The lowest BCUT2D eigenvalue weighted by atomic mass is 10.1. The van der Waals surface area contributed by atoms with Gasteiger partial charge in [0.25, 0.3) is 5.89 Å². The van der Waals surface area contributed by atoms with Crippen molar-refractivity contribution in [2.45, 2.75) is 26.7 Å². The fourth-order valence-electron chi connectivity index (χ4n) is 1.45. The number of aromatic nitrogens is 3. The summed E-state index contributed by atoms with van der Waals surface area (Å²) in [5.41, 5.74) is 0.517. The van der Waals surface area contributed by atoms with Gasteiger partial charge in [0.1, 0.15) is 5.75 Å². The van der Waals surface area contributed by atoms with Crippen LogP contribution in [0.25, 0.3) is 11.5 Å². The van der Waals surface area contributed by atoms with Crippen LogP contribution in [-0.2, 0) is 6.42 Å². The molecule has 17 heavy (non-hydrogen) atoms. The third-order valence-electron chi connectivity index (χ3n) is 2.44. The van der Waals surface area contributed by atoms with Crippen molar-refractivity contribution in [2.24, 2.45) is 5.92 Å². The Bertz CT molecular complexity index is 494. The van der Waals surface area contributed by atoms with E-state index in [9.17, 15) is 5.11 Å². The third-order valence-corrected chi connectivity index (χ3v) is 2.44. The van der Waals surface area contributed by atoms with Crippen LogP contribution in [0.3, 0.4) is 0 Å². The maximum atomic E-state index is 9.60. The quantitative estimate of drug-likeness (QED) is 0.878. The molecule has 0 saturated heterocycles. The smallest absolute Gasteiger partial charge is 0.261 e. The van der Waals surface area contributed by atoms with Gasteiger partial charge in [0.05, 0.1) is 11.8 Å². The zero-order valence-electron chi connectivity index (χ0n) is 9.92. The van der Waals surface area contributed by atoms with Gasteiger partial charge >= 0.3 is 0 Å². The molecule has 0 aliphatic heterocycles. The minimum atomic E-state index is 0.0477. The summed E-state index contributed by atoms with van der Waals surface area (Å²) >= 11 is 0. The summed E-state index contributed by atoms with van der Waals surface area (Å²) in [4.78, 5) is 8.04. The topological polar surface area (TPSA) is 72.0 Å². The molecule has 0 aromatic carbocycles. The lowest BCUT2D eigenvalue weighted by molar-refractivity contribution is 0.414. The molecule has 0 aliphatic carbocycles. The van der Waals surface area contributed by atoms with Gasteiger partial charge in [-0.2, -0.15) is 4.98 Å². The molecule has 0 amide bonds. The minimum absolute atomic E-state index is 0.0477. The summed E-state index contributed by atoms with van der Waals surface area (Å²) in [5.74, 6) is 1.66. The average Bonchev–Trinajstić information content (AvgIpc) is 2.75. The van der Waals surface area contributed by atoms with Gasteiger partial charge < -0.3 is 9.63 Å². The lowest BCUT2D eigenvalue weighted by Crippen LogP contribution is -1.93. The third kappa shape index (κ3) is 2.81. The molecule has 1 N–H and O–H groups in total. The van der Waals surface area contributed by atoms with E-state index in [-0.39, 0.29) is 5.75 Å². The van der Waals surface area contributed by atoms with Crippen LogP contribution in [0.15, 0.2) is 23.0 Å². The molecule has 0 aliphatic rings. The van der Waals surface area contributed by atoms with Gasteiger partial charge in [-0.05, 0) is 18.4 Å². The van der Waals surface area contributed by atoms with E-state index in [2.05, 4.69) is 29.0 Å². The van der Waals surface area contributed by atoms with Crippen LogP contribution in [0.1, 0.15) is 26.1 Å². The fourth-order valence-corrected chi connectivity index (χ4v) is 1.45. The van der Waals surface area contributed by atoms with Crippen molar-refractivity contribution in [3.05, 3.63) is 24.3 Å². The first kappa shape index (κ1) is 11.6. The predicted molar refractivity (Wildman–Crippen MR) is 62.4 cm³/mol. The van der Waals surface area contributed by atoms with Crippen molar-refractivity contribution in [3.8, 4) is 17.2 Å². The van der Waals surface area contributed by atoms with Crippen molar-refractivity contribution in [3.63, 3.8) is 0 Å². The Morgan fingerprint density at radius 2 is 2.24 bits per heavy atom. The van der Waals surface area contributed by atoms with Crippen LogP contribution in [0.2, 0.25) is 0 Å². The van der Waals surface area contributed by atoms with Gasteiger partial charge in [0, 0.05) is 12.6 Å². The molecule has 90 valence electrons. The molecule has 0 radical (unpaired) electrons. The highest BCUT2D eigenvalue weighted by molar-refractivity contribution is 5.60. The lowest BCUT2D eigenvalue weighted by Gasteiger charge is -1.99. The zero-order chi connectivity index (χ0) is 12.3. The van der Waals surface area contributed by atoms with Gasteiger partial charge in [-0.25, -0.2) is 0 Å². The zero-order valence-corrected chi connectivity index (χ0v) is 9.92. The van der Waals surface area contributed by atoms with E-state index in [1.807, 2.05) is 0 Å². The standard InChI is InChI=1S/C12H15N3O2/c1-8(2)3-4-11-14-12(17-15-11)9-5-6-13-7-10(9)16/h5-8,16H,3-4H2,1-2H3. The van der Waals surface area contributed by atoms with Gasteiger partial charge in [0.2, 0.25) is 0 Å². The number of nitrogens with zero attached hydrogens (tertiary/aromatic N) is 3. The number of aryl methyl sites for hydroxylation is 1. The number of pyridine rings is 1. The van der Waals surface area contributed by atoms with Crippen molar-refractivity contribution in [1.82, 2.24) is 15.1 Å². The maximum Gasteiger partial charge on any atom is 0.261 e. The summed E-state index contributed by atoms with van der Waals surface area (Å²) < 4.78 is 5.11. The van der Waals surface area contributed by atoms with Crippen LogP contribution in [0.5, 0.6) is 5.75 Å². The fraction of sp³-hybridized carbons (Fsp3) is 0.417. The molecule has 0 spiro atoms. The Balaban J connectivity index is 2.16. The van der Waals surface area contributed by atoms with Gasteiger partial charge in [-0.3, -0.25) is 4.98 Å². The average molecular weight is 233 g/mol. The molecule has 0 unspecified atom stereocenters. The summed E-state index contributed by atoms with van der Waals surface area (Å²) in [6.45, 7) is 4.30. The molecule has 2 aromatic rings. The van der Waals surface area contributed by atoms with E-state index in [0.29, 0.717) is 23.2 Å². The SMILES string of the molecule is CC(C)CCc1noc(-c2ccncc2O)n1. The largest absolute Gasteiger partial charge is 0.505 e. The summed E-state index contributed by atoms with van der Waals surface area (Å²) in [7, 11) is 0. The van der Waals surface area contributed by atoms with Crippen LogP contribution < -0.4 is 0 Å². The number of hydrogen-bond acceptors (Lipinski definition) is 5. The molecular formula is C12H15N3O2. The summed E-state index contributed by atoms with van der Waals surface area (Å²) in [6, 6.07) is 1.65. The van der Waals surface area contributed by atoms with E-state index >= 15 is 0 Å². The summed E-state index contributed by atoms with van der Waals surface area (Å²) in [6.07, 6.45) is 4.73. The maximum absolute atomic E-state index is 9.60. The molecule has 0 bridgehead atoms. The Kier molecular flexibility index (Phi) is 3.37. The van der Waals surface area contributed by atoms with Gasteiger partial charge in [-0.15, -0.1) is 0 Å². The van der Waals surface area contributed by atoms with Crippen LogP contribution in [0.4, 0.5) is 0 Å². The van der Waals surface area contributed by atoms with Gasteiger partial charge in [0.15, 0.2) is 5.82 Å². The van der Waals surface area contributed by atoms with Crippen molar-refractivity contribution >= 4 is 0 Å². The highest BCUT2D eigenvalue weighted by Crippen LogP contribution is 2.26. The predicted octanol–water partition coefficient (Wildman–Crippen LogP) is 2.43. The van der Waals surface area contributed by atoms with Gasteiger partial charge in [-0.1, -0.05) is 19.0 Å². The van der Waals surface area contributed by atoms with E-state index < -0.39 is 0 Å². The first-order valence-corrected chi connectivity index (χ1v) is 5.62. The molecule has 0 atom stereocenters. The van der Waals surface area contributed by atoms with Crippen LogP contribution in [-0.4, -0.2) is 20.2 Å². The monoisotopic (exact) mass is 233 g/mol. The van der Waals surface area contributed by atoms with Crippen molar-refractivity contribution < 1.29 is 9.63 Å². The molecule has 0 fully saturated rings. The minimum Gasteiger partial charge on any atom is -0.505 e. The first-order chi connectivity index (χ1) is 8.16. The number of rotatable bonds is 4. The van der Waals surface area contributed by atoms with Crippen LogP contribution in [0, 0.1) is 5.92 Å². The van der Waals surface area contributed by atoms with E-state index in [1.54, 1.807) is 12.3 Å². The normalized spacial score (nSPS) is 11.0. The number of aromatic hydroxyl groups is 1. The Hall–Kier alpha value is -1.91. The highest BCUT2D eigenvalue weighted by Gasteiger charge is 2.12. The van der Waals surface area contributed by atoms with Crippen molar-refractivity contribution in [2.75, 3.05) is 0 Å². The molecular weight excluding hydrogens is 218 g/mol. The second-order valence-corrected chi connectivity index (χ2v) is 4.34. The molecule has 0 saturated carbocycles. The van der Waals surface area contributed by atoms with E-state index in [4.69, 9.17) is 4.52 Å². The Morgan fingerprint density at radius 1 is 1.41 bits per heavy atom. The molecule has 5 heteroatoms. The second kappa shape index (κ2) is 4.95. The van der Waals surface area contributed by atoms with Crippen LogP contribution >= 0.6 is 0 Å².